The second-order valence-electron chi connectivity index (χ2n) is 5.51. The van der Waals surface area contributed by atoms with Crippen molar-refractivity contribution in [3.63, 3.8) is 0 Å². The Labute approximate surface area is 161 Å². The van der Waals surface area contributed by atoms with Crippen LogP contribution in [0.25, 0.3) is 22.4 Å². The summed E-state index contributed by atoms with van der Waals surface area (Å²) in [6.45, 7) is 2.51. The maximum absolute atomic E-state index is 9.51. The summed E-state index contributed by atoms with van der Waals surface area (Å²) in [4.78, 5) is 4.34. The van der Waals surface area contributed by atoms with Crippen LogP contribution in [0, 0.1) is 11.3 Å². The third-order valence-electron chi connectivity index (χ3n) is 3.84. The van der Waals surface area contributed by atoms with Crippen molar-refractivity contribution >= 4 is 29.0 Å². The first-order chi connectivity index (χ1) is 12.5. The topological polar surface area (TPSA) is 71.9 Å². The zero-order valence-corrected chi connectivity index (χ0v) is 15.5. The number of rotatable bonds is 4. The molecule has 2 N–H and O–H groups in total. The van der Waals surface area contributed by atoms with Gasteiger partial charge >= 0.3 is 0 Å². The number of halogens is 2. The highest BCUT2D eigenvalue weighted by Gasteiger charge is 2.15. The molecule has 1 heterocycles. The Balaban J connectivity index is 2.15. The first-order valence-corrected chi connectivity index (χ1v) is 8.68. The lowest BCUT2D eigenvalue weighted by molar-refractivity contribution is 0.340. The van der Waals surface area contributed by atoms with E-state index in [0.717, 1.165) is 11.3 Å². The van der Waals surface area contributed by atoms with Gasteiger partial charge in [0.1, 0.15) is 23.2 Å². The van der Waals surface area contributed by atoms with Gasteiger partial charge in [0, 0.05) is 16.1 Å². The van der Waals surface area contributed by atoms with Crippen molar-refractivity contribution < 1.29 is 4.74 Å². The maximum atomic E-state index is 9.51. The van der Waals surface area contributed by atoms with Gasteiger partial charge in [0.25, 0.3) is 0 Å². The Morgan fingerprint density at radius 3 is 2.42 bits per heavy atom. The van der Waals surface area contributed by atoms with Crippen LogP contribution in [0.2, 0.25) is 10.0 Å². The molecule has 0 unspecified atom stereocenters. The van der Waals surface area contributed by atoms with Gasteiger partial charge in [0.2, 0.25) is 0 Å². The minimum absolute atomic E-state index is 0.153. The normalized spacial score (nSPS) is 10.4. The van der Waals surface area contributed by atoms with Crippen LogP contribution in [-0.4, -0.2) is 11.6 Å². The summed E-state index contributed by atoms with van der Waals surface area (Å²) < 4.78 is 5.46. The third kappa shape index (κ3) is 3.60. The van der Waals surface area contributed by atoms with Crippen molar-refractivity contribution in [2.24, 2.45) is 0 Å². The molecule has 4 nitrogen and oxygen atoms in total. The van der Waals surface area contributed by atoms with Gasteiger partial charge in [-0.25, -0.2) is 4.98 Å². The van der Waals surface area contributed by atoms with Gasteiger partial charge in [-0.3, -0.25) is 0 Å². The van der Waals surface area contributed by atoms with Crippen LogP contribution < -0.4 is 10.5 Å². The summed E-state index contributed by atoms with van der Waals surface area (Å²) in [6, 6.07) is 16.6. The van der Waals surface area contributed by atoms with E-state index in [1.165, 1.54) is 0 Å². The molecule has 0 saturated carbocycles. The Kier molecular flexibility index (Phi) is 5.32. The number of nitrogen functional groups attached to an aromatic ring is 1. The van der Waals surface area contributed by atoms with Crippen molar-refractivity contribution in [3.8, 4) is 34.2 Å². The predicted octanol–water partition coefficient (Wildman–Crippen LogP) is 5.57. The number of ether oxygens (including phenoxy) is 1. The highest BCUT2D eigenvalue weighted by Crippen LogP contribution is 2.35. The van der Waals surface area contributed by atoms with Gasteiger partial charge in [0.15, 0.2) is 0 Å². The number of nitrogens with zero attached hydrogens (tertiary/aromatic N) is 2. The van der Waals surface area contributed by atoms with Crippen molar-refractivity contribution in [1.82, 2.24) is 4.98 Å². The molecule has 0 radical (unpaired) electrons. The lowest BCUT2D eigenvalue weighted by Crippen LogP contribution is -2.00. The van der Waals surface area contributed by atoms with Crippen molar-refractivity contribution in [2.75, 3.05) is 12.3 Å². The average molecular weight is 384 g/mol. The molecule has 1 aromatic heterocycles. The molecule has 0 fully saturated rings. The fraction of sp³-hybridized carbons (Fsp3) is 0.100. The van der Waals surface area contributed by atoms with Gasteiger partial charge in [0.05, 0.1) is 17.3 Å². The Morgan fingerprint density at radius 1 is 1.08 bits per heavy atom. The van der Waals surface area contributed by atoms with Gasteiger partial charge in [-0.15, -0.1) is 0 Å². The molecule has 0 aliphatic heterocycles. The summed E-state index contributed by atoms with van der Waals surface area (Å²) in [6.07, 6.45) is 0. The first-order valence-electron chi connectivity index (χ1n) is 7.92. The molecule has 6 heteroatoms. The van der Waals surface area contributed by atoms with Gasteiger partial charge in [-0.2, -0.15) is 5.26 Å². The zero-order valence-electron chi connectivity index (χ0n) is 14.0. The van der Waals surface area contributed by atoms with Gasteiger partial charge in [-0.05, 0) is 48.9 Å². The first kappa shape index (κ1) is 18.1. The molecule has 0 aliphatic carbocycles. The summed E-state index contributed by atoms with van der Waals surface area (Å²) in [7, 11) is 0. The van der Waals surface area contributed by atoms with E-state index in [1.54, 1.807) is 24.3 Å². The minimum atomic E-state index is 0.153. The molecule has 0 atom stereocenters. The fourth-order valence-corrected chi connectivity index (χ4v) is 3.15. The van der Waals surface area contributed by atoms with E-state index in [1.807, 2.05) is 31.2 Å². The lowest BCUT2D eigenvalue weighted by Gasteiger charge is -2.12. The molecule has 0 aliphatic rings. The van der Waals surface area contributed by atoms with E-state index < -0.39 is 0 Å². The van der Waals surface area contributed by atoms with E-state index in [0.29, 0.717) is 39.0 Å². The number of anilines is 1. The molecule has 0 amide bonds. The fourth-order valence-electron chi connectivity index (χ4n) is 2.64. The molecular formula is C20H15Cl2N3O. The van der Waals surface area contributed by atoms with Crippen LogP contribution in [0.3, 0.4) is 0 Å². The average Bonchev–Trinajstić information content (AvgIpc) is 2.62. The van der Waals surface area contributed by atoms with Crippen LogP contribution in [0.1, 0.15) is 12.5 Å². The van der Waals surface area contributed by atoms with Crippen LogP contribution in [0.5, 0.6) is 5.75 Å². The number of nitrogens with two attached hydrogens (primary N) is 1. The summed E-state index contributed by atoms with van der Waals surface area (Å²) in [5.41, 5.74) is 9.15. The predicted molar refractivity (Wildman–Crippen MR) is 105 cm³/mol. The number of pyridine rings is 1. The van der Waals surface area contributed by atoms with Gasteiger partial charge in [-0.1, -0.05) is 35.3 Å². The molecule has 2 aromatic carbocycles. The van der Waals surface area contributed by atoms with Crippen molar-refractivity contribution in [1.29, 1.82) is 5.26 Å². The summed E-state index contributed by atoms with van der Waals surface area (Å²) >= 11 is 12.3. The van der Waals surface area contributed by atoms with E-state index in [4.69, 9.17) is 33.7 Å². The number of benzene rings is 2. The number of nitriles is 1. The van der Waals surface area contributed by atoms with Crippen molar-refractivity contribution in [2.45, 2.75) is 6.92 Å². The Bertz CT molecular complexity index is 995. The van der Waals surface area contributed by atoms with E-state index >= 15 is 0 Å². The van der Waals surface area contributed by atoms with E-state index in [9.17, 15) is 5.26 Å². The molecule has 0 saturated heterocycles. The minimum Gasteiger partial charge on any atom is -0.494 e. The number of hydrogen-bond donors (Lipinski definition) is 1. The van der Waals surface area contributed by atoms with Crippen LogP contribution in [0.15, 0.2) is 48.5 Å². The number of aromatic nitrogens is 1. The second kappa shape index (κ2) is 7.65. The third-order valence-corrected chi connectivity index (χ3v) is 4.39. The van der Waals surface area contributed by atoms with E-state index in [-0.39, 0.29) is 5.82 Å². The quantitative estimate of drug-likeness (QED) is 0.638. The molecule has 3 rings (SSSR count). The standard InChI is InChI=1S/C20H15Cl2N3O/c1-2-26-14-6-3-12(4-7-14)16-10-19(25-20(24)17(16)11-23)15-8-5-13(21)9-18(15)22/h3-10H,2H2,1H3,(H2,24,25). The number of hydrogen-bond acceptors (Lipinski definition) is 4. The molecule has 130 valence electrons. The lowest BCUT2D eigenvalue weighted by atomic mass is 9.98. The monoisotopic (exact) mass is 383 g/mol. The highest BCUT2D eigenvalue weighted by atomic mass is 35.5. The molecule has 26 heavy (non-hydrogen) atoms. The van der Waals surface area contributed by atoms with Crippen molar-refractivity contribution in [3.05, 3.63) is 64.1 Å². The molecule has 0 spiro atoms. The smallest absolute Gasteiger partial charge is 0.142 e. The van der Waals surface area contributed by atoms with Crippen LogP contribution in [0.4, 0.5) is 5.82 Å². The largest absolute Gasteiger partial charge is 0.494 e. The second-order valence-corrected chi connectivity index (χ2v) is 6.35. The Morgan fingerprint density at radius 2 is 1.81 bits per heavy atom. The summed E-state index contributed by atoms with van der Waals surface area (Å²) in [5, 5.41) is 10.5. The molecule has 0 bridgehead atoms. The molecular weight excluding hydrogens is 369 g/mol. The van der Waals surface area contributed by atoms with Gasteiger partial charge < -0.3 is 10.5 Å². The maximum Gasteiger partial charge on any atom is 0.142 e. The van der Waals surface area contributed by atoms with Crippen LogP contribution in [-0.2, 0) is 0 Å². The molecule has 3 aromatic rings. The summed E-state index contributed by atoms with van der Waals surface area (Å²) in [5.74, 6) is 0.914. The Hall–Kier alpha value is -2.74. The highest BCUT2D eigenvalue weighted by molar-refractivity contribution is 6.36. The van der Waals surface area contributed by atoms with Crippen LogP contribution >= 0.6 is 23.2 Å². The zero-order chi connectivity index (χ0) is 18.7. The SMILES string of the molecule is CCOc1ccc(-c2cc(-c3ccc(Cl)cc3Cl)nc(N)c2C#N)cc1. The van der Waals surface area contributed by atoms with E-state index in [2.05, 4.69) is 11.1 Å².